The maximum atomic E-state index is 12.9. The number of hydrogen-bond acceptors (Lipinski definition) is 8. The molecule has 1 aliphatic carbocycles. The summed E-state index contributed by atoms with van der Waals surface area (Å²) in [5.74, 6) is 2.14. The minimum Gasteiger partial charge on any atom is -0.605 e. The highest BCUT2D eigenvalue weighted by molar-refractivity contribution is 8.72. The number of unbranched alkanes of at least 4 members (excludes halogenated alkanes) is 1. The Balaban J connectivity index is 1.35. The average molecular weight is 542 g/mol. The van der Waals surface area contributed by atoms with Crippen molar-refractivity contribution in [3.63, 3.8) is 0 Å². The molecule has 2 aliphatic rings. The summed E-state index contributed by atoms with van der Waals surface area (Å²) in [6.07, 6.45) is 10.9. The Kier molecular flexibility index (Phi) is 9.01. The van der Waals surface area contributed by atoms with E-state index < -0.39 is 20.2 Å². The topological polar surface area (TPSA) is 120 Å². The first-order valence-electron chi connectivity index (χ1n) is 12.3. The van der Waals surface area contributed by atoms with Crippen molar-refractivity contribution < 1.29 is 17.8 Å². The maximum Gasteiger partial charge on any atom is 0.232 e. The summed E-state index contributed by atoms with van der Waals surface area (Å²) in [4.78, 5) is 24.0. The van der Waals surface area contributed by atoms with Gasteiger partial charge in [0.15, 0.2) is 5.65 Å². The number of anilines is 1. The van der Waals surface area contributed by atoms with E-state index in [9.17, 15) is 17.8 Å². The van der Waals surface area contributed by atoms with E-state index in [-0.39, 0.29) is 28.9 Å². The molecular formula is C23H35N5O4S3. The molecule has 1 aliphatic heterocycles. The number of rotatable bonds is 10. The second kappa shape index (κ2) is 11.8. The Morgan fingerprint density at radius 2 is 2.03 bits per heavy atom. The van der Waals surface area contributed by atoms with Gasteiger partial charge in [0.05, 0.1) is 21.9 Å². The first-order chi connectivity index (χ1) is 16.8. The quantitative estimate of drug-likeness (QED) is 0.276. The highest BCUT2D eigenvalue weighted by atomic mass is 33.1. The smallest absolute Gasteiger partial charge is 0.232 e. The van der Waals surface area contributed by atoms with Crippen LogP contribution in [-0.4, -0.2) is 70.3 Å². The molecule has 1 unspecified atom stereocenters. The molecule has 194 valence electrons. The third-order valence-electron chi connectivity index (χ3n) is 7.27. The van der Waals surface area contributed by atoms with Gasteiger partial charge >= 0.3 is 0 Å². The lowest BCUT2D eigenvalue weighted by Gasteiger charge is -2.35. The fourth-order valence-corrected chi connectivity index (χ4v) is 9.76. The number of hydrogen-bond donors (Lipinski definition) is 1. The van der Waals surface area contributed by atoms with Gasteiger partial charge in [0.2, 0.25) is 15.9 Å². The fourth-order valence-electron chi connectivity index (χ4n) is 5.15. The number of nitrogens with one attached hydrogen (secondary N) is 1. The van der Waals surface area contributed by atoms with Gasteiger partial charge in [0, 0.05) is 48.1 Å². The van der Waals surface area contributed by atoms with Crippen molar-refractivity contribution in [2.24, 2.45) is 5.92 Å². The molecular weight excluding hydrogens is 506 g/mol. The second-order valence-electron chi connectivity index (χ2n) is 9.52. The van der Waals surface area contributed by atoms with E-state index in [0.717, 1.165) is 68.3 Å². The molecule has 0 spiro atoms. The molecule has 0 radical (unpaired) electrons. The van der Waals surface area contributed by atoms with Gasteiger partial charge in [-0.25, -0.2) is 23.1 Å². The predicted molar refractivity (Wildman–Crippen MR) is 143 cm³/mol. The standard InChI is InChI=1S/C23H35N5O4S3/c1-24-35(31,32)15-17-7-9-18(10-8-17)27(2)22-20-11-13-28(23(20)26-16-25-22)21(29)6-4-3-5-19-12-14-33-34(19)30/h11,13,16-19,24H,3-10,12,14-15H2,1-2H3/t17?,18?,19-,34?/m1/s1. The summed E-state index contributed by atoms with van der Waals surface area (Å²) in [5.41, 5.74) is 0.619. The van der Waals surface area contributed by atoms with E-state index >= 15 is 0 Å². The molecule has 0 amide bonds. The van der Waals surface area contributed by atoms with E-state index in [1.807, 2.05) is 13.1 Å². The molecule has 12 heteroatoms. The SMILES string of the molecule is CNS(=O)(=O)CC1CCC(N(C)c2ncnc3c2ccn3C(=O)CCCC[C@@H]2CCS[S+]2[O-])CC1. The van der Waals surface area contributed by atoms with Gasteiger partial charge in [0.25, 0.3) is 0 Å². The van der Waals surface area contributed by atoms with Crippen LogP contribution in [-0.2, 0) is 20.2 Å². The Morgan fingerprint density at radius 1 is 1.26 bits per heavy atom. The summed E-state index contributed by atoms with van der Waals surface area (Å²) < 4.78 is 39.7. The lowest BCUT2D eigenvalue weighted by Crippen LogP contribution is -2.38. The molecule has 2 aromatic rings. The zero-order valence-corrected chi connectivity index (χ0v) is 22.8. The van der Waals surface area contributed by atoms with Crippen LogP contribution in [0.25, 0.3) is 11.0 Å². The molecule has 1 saturated heterocycles. The molecule has 1 saturated carbocycles. The van der Waals surface area contributed by atoms with Crippen LogP contribution >= 0.6 is 10.8 Å². The highest BCUT2D eigenvalue weighted by Crippen LogP contribution is 2.34. The van der Waals surface area contributed by atoms with Crippen LogP contribution in [0, 0.1) is 5.92 Å². The highest BCUT2D eigenvalue weighted by Gasteiger charge is 2.31. The fraction of sp³-hybridized carbons (Fsp3) is 0.696. The van der Waals surface area contributed by atoms with Crippen LogP contribution in [0.3, 0.4) is 0 Å². The first kappa shape index (κ1) is 26.7. The number of sulfonamides is 1. The summed E-state index contributed by atoms with van der Waals surface area (Å²) in [7, 11) is 1.06. The summed E-state index contributed by atoms with van der Waals surface area (Å²) in [5, 5.41) is 1.12. The molecule has 9 nitrogen and oxygen atoms in total. The van der Waals surface area contributed by atoms with Crippen LogP contribution in [0.4, 0.5) is 5.82 Å². The van der Waals surface area contributed by atoms with Crippen molar-refractivity contribution >= 4 is 53.8 Å². The van der Waals surface area contributed by atoms with Gasteiger partial charge in [-0.15, -0.1) is 0 Å². The average Bonchev–Trinajstić information content (AvgIpc) is 3.47. The molecule has 3 heterocycles. The third kappa shape index (κ3) is 6.51. The molecule has 4 rings (SSSR count). The normalized spacial score (nSPS) is 25.2. The van der Waals surface area contributed by atoms with Crippen LogP contribution in [0.15, 0.2) is 18.6 Å². The van der Waals surface area contributed by atoms with E-state index in [4.69, 9.17) is 0 Å². The zero-order chi connectivity index (χ0) is 25.0. The Morgan fingerprint density at radius 3 is 2.71 bits per heavy atom. The summed E-state index contributed by atoms with van der Waals surface area (Å²) in [6.45, 7) is 0. The number of carbonyl (C=O) groups is 1. The Bertz CT molecular complexity index is 1120. The number of nitrogens with zero attached hydrogens (tertiary/aromatic N) is 4. The largest absolute Gasteiger partial charge is 0.605 e. The van der Waals surface area contributed by atoms with Crippen molar-refractivity contribution in [3.05, 3.63) is 18.6 Å². The van der Waals surface area contributed by atoms with Crippen molar-refractivity contribution in [1.82, 2.24) is 19.3 Å². The van der Waals surface area contributed by atoms with Crippen molar-refractivity contribution in [2.75, 3.05) is 30.5 Å². The van der Waals surface area contributed by atoms with Gasteiger partial charge in [-0.05, 0) is 64.0 Å². The molecule has 1 N–H and O–H groups in total. The predicted octanol–water partition coefficient (Wildman–Crippen LogP) is 3.35. The molecule has 2 fully saturated rings. The van der Waals surface area contributed by atoms with Crippen LogP contribution < -0.4 is 9.62 Å². The number of aromatic nitrogens is 3. The van der Waals surface area contributed by atoms with Crippen molar-refractivity contribution in [1.29, 1.82) is 0 Å². The van der Waals surface area contributed by atoms with Crippen molar-refractivity contribution in [3.8, 4) is 0 Å². The zero-order valence-electron chi connectivity index (χ0n) is 20.4. The van der Waals surface area contributed by atoms with E-state index in [2.05, 4.69) is 19.6 Å². The molecule has 0 aromatic carbocycles. The van der Waals surface area contributed by atoms with Crippen molar-refractivity contribution in [2.45, 2.75) is 69.1 Å². The minimum absolute atomic E-state index is 0.0143. The number of carbonyl (C=O) groups excluding carboxylic acids is 1. The minimum atomic E-state index is -3.19. The lowest BCUT2D eigenvalue weighted by molar-refractivity contribution is 0.0903. The number of fused-ring (bicyclic) bond motifs is 1. The maximum absolute atomic E-state index is 12.9. The summed E-state index contributed by atoms with van der Waals surface area (Å²) >= 11 is 0. The summed E-state index contributed by atoms with van der Waals surface area (Å²) in [6, 6.07) is 2.17. The molecule has 2 atom stereocenters. The molecule has 35 heavy (non-hydrogen) atoms. The van der Waals surface area contributed by atoms with Crippen LogP contribution in [0.5, 0.6) is 0 Å². The molecule has 2 aromatic heterocycles. The van der Waals surface area contributed by atoms with Gasteiger partial charge < -0.3 is 9.45 Å². The van der Waals surface area contributed by atoms with Crippen LogP contribution in [0.2, 0.25) is 0 Å². The van der Waals surface area contributed by atoms with Gasteiger partial charge in [-0.3, -0.25) is 9.36 Å². The van der Waals surface area contributed by atoms with Gasteiger partial charge in [-0.1, -0.05) is 0 Å². The van der Waals surface area contributed by atoms with Gasteiger partial charge in [-0.2, -0.15) is 0 Å². The second-order valence-corrected chi connectivity index (χ2v) is 15.0. The Hall–Kier alpha value is -1.34. The van der Waals surface area contributed by atoms with Crippen LogP contribution in [0.1, 0.15) is 62.6 Å². The van der Waals surface area contributed by atoms with E-state index in [0.29, 0.717) is 12.1 Å². The Labute approximate surface area is 214 Å². The van der Waals surface area contributed by atoms with E-state index in [1.165, 1.54) is 13.4 Å². The monoisotopic (exact) mass is 541 g/mol. The third-order valence-corrected chi connectivity index (χ3v) is 12.5. The lowest BCUT2D eigenvalue weighted by atomic mass is 9.86. The molecule has 0 bridgehead atoms. The van der Waals surface area contributed by atoms with E-state index in [1.54, 1.807) is 21.6 Å². The van der Waals surface area contributed by atoms with Gasteiger partial charge in [0.1, 0.15) is 17.4 Å². The first-order valence-corrected chi connectivity index (χ1v) is 16.7.